The molecule has 1 aromatic rings. The number of rotatable bonds is 5. The molecule has 0 saturated heterocycles. The fraction of sp³-hybridized carbons (Fsp3) is 0.500. The van der Waals surface area contributed by atoms with Gasteiger partial charge < -0.3 is 5.32 Å². The largest absolute Gasteiger partial charge is 0.416 e. The lowest BCUT2D eigenvalue weighted by Gasteiger charge is -2.24. The first-order chi connectivity index (χ1) is 8.66. The molecule has 0 unspecified atom stereocenters. The summed E-state index contributed by atoms with van der Waals surface area (Å²) >= 11 is 0. The van der Waals surface area contributed by atoms with Gasteiger partial charge in [-0.25, -0.2) is 0 Å². The second-order valence-electron chi connectivity index (χ2n) is 4.95. The Bertz CT molecular complexity index is 452. The van der Waals surface area contributed by atoms with Crippen molar-refractivity contribution in [1.29, 1.82) is 0 Å². The number of carbonyl (C=O) groups is 1. The van der Waals surface area contributed by atoms with E-state index in [4.69, 9.17) is 0 Å². The highest BCUT2D eigenvalue weighted by molar-refractivity contribution is 5.89. The predicted molar refractivity (Wildman–Crippen MR) is 67.9 cm³/mol. The molecule has 0 aliphatic heterocycles. The lowest BCUT2D eigenvalue weighted by atomic mass is 9.93. The molecule has 2 nitrogen and oxygen atoms in total. The summed E-state index contributed by atoms with van der Waals surface area (Å²) in [6.45, 7) is 5.96. The van der Waals surface area contributed by atoms with Gasteiger partial charge in [0.25, 0.3) is 0 Å². The van der Waals surface area contributed by atoms with Gasteiger partial charge in [-0.15, -0.1) is 0 Å². The molecule has 0 heterocycles. The van der Waals surface area contributed by atoms with E-state index in [0.717, 1.165) is 12.1 Å². The summed E-state index contributed by atoms with van der Waals surface area (Å²) in [5.74, 6) is -0.131. The quantitative estimate of drug-likeness (QED) is 0.892. The Balaban J connectivity index is 2.86. The van der Waals surface area contributed by atoms with E-state index >= 15 is 0 Å². The van der Waals surface area contributed by atoms with E-state index in [1.54, 1.807) is 13.8 Å². The number of benzene rings is 1. The molecule has 1 rings (SSSR count). The van der Waals surface area contributed by atoms with Crippen LogP contribution in [0.25, 0.3) is 0 Å². The first kappa shape index (κ1) is 15.7. The van der Waals surface area contributed by atoms with Crippen LogP contribution in [0.1, 0.15) is 31.9 Å². The van der Waals surface area contributed by atoms with Gasteiger partial charge in [-0.05, 0) is 32.0 Å². The van der Waals surface area contributed by atoms with E-state index in [0.29, 0.717) is 12.1 Å². The van der Waals surface area contributed by atoms with Crippen LogP contribution in [0.5, 0.6) is 0 Å². The SMILES string of the molecule is CCNC(C)(C)C(=O)Cc1cccc(C(F)(F)F)c1. The molecule has 19 heavy (non-hydrogen) atoms. The maximum Gasteiger partial charge on any atom is 0.416 e. The average molecular weight is 273 g/mol. The van der Waals surface area contributed by atoms with Gasteiger partial charge in [0, 0.05) is 6.42 Å². The van der Waals surface area contributed by atoms with Crippen molar-refractivity contribution in [2.24, 2.45) is 0 Å². The molecule has 0 aliphatic carbocycles. The highest BCUT2D eigenvalue weighted by Gasteiger charge is 2.31. The van der Waals surface area contributed by atoms with E-state index in [1.807, 2.05) is 6.92 Å². The van der Waals surface area contributed by atoms with Crippen LogP contribution in [0.3, 0.4) is 0 Å². The van der Waals surface area contributed by atoms with Crippen molar-refractivity contribution in [1.82, 2.24) is 5.32 Å². The normalized spacial score (nSPS) is 12.5. The van der Waals surface area contributed by atoms with Gasteiger partial charge in [-0.1, -0.05) is 25.1 Å². The first-order valence-corrected chi connectivity index (χ1v) is 6.11. The third-order valence-electron chi connectivity index (χ3n) is 2.93. The average Bonchev–Trinajstić information content (AvgIpc) is 2.28. The Morgan fingerprint density at radius 3 is 2.42 bits per heavy atom. The molecule has 1 N–H and O–H groups in total. The number of nitrogens with one attached hydrogen (secondary N) is 1. The third kappa shape index (κ3) is 4.35. The Morgan fingerprint density at radius 2 is 1.89 bits per heavy atom. The molecular weight excluding hydrogens is 255 g/mol. The molecule has 0 spiro atoms. The maximum absolute atomic E-state index is 12.6. The molecule has 106 valence electrons. The lowest BCUT2D eigenvalue weighted by molar-refractivity contribution is -0.137. The number of halogens is 3. The van der Waals surface area contributed by atoms with Crippen LogP contribution in [0.4, 0.5) is 13.2 Å². The second kappa shape index (κ2) is 5.74. The summed E-state index contributed by atoms with van der Waals surface area (Å²) in [4.78, 5) is 12.0. The molecule has 0 fully saturated rings. The van der Waals surface area contributed by atoms with Crippen LogP contribution in [-0.4, -0.2) is 17.9 Å². The highest BCUT2D eigenvalue weighted by atomic mass is 19.4. The van der Waals surface area contributed by atoms with E-state index in [9.17, 15) is 18.0 Å². The fourth-order valence-corrected chi connectivity index (χ4v) is 1.80. The monoisotopic (exact) mass is 273 g/mol. The van der Waals surface area contributed by atoms with Crippen molar-refractivity contribution in [3.63, 3.8) is 0 Å². The molecule has 1 aromatic carbocycles. The van der Waals surface area contributed by atoms with Gasteiger partial charge in [-0.2, -0.15) is 13.2 Å². The topological polar surface area (TPSA) is 29.1 Å². The summed E-state index contributed by atoms with van der Waals surface area (Å²) in [5, 5.41) is 3.01. The lowest BCUT2D eigenvalue weighted by Crippen LogP contribution is -2.47. The molecule has 5 heteroatoms. The van der Waals surface area contributed by atoms with Crippen LogP contribution in [-0.2, 0) is 17.4 Å². The zero-order valence-electron chi connectivity index (χ0n) is 11.3. The van der Waals surface area contributed by atoms with E-state index in [-0.39, 0.29) is 12.2 Å². The summed E-state index contributed by atoms with van der Waals surface area (Å²) in [7, 11) is 0. The number of alkyl halides is 3. The fourth-order valence-electron chi connectivity index (χ4n) is 1.80. The minimum atomic E-state index is -4.38. The van der Waals surface area contributed by atoms with Gasteiger partial charge in [0.2, 0.25) is 0 Å². The van der Waals surface area contributed by atoms with Crippen molar-refractivity contribution >= 4 is 5.78 Å². The predicted octanol–water partition coefficient (Wildman–Crippen LogP) is 3.21. The third-order valence-corrected chi connectivity index (χ3v) is 2.93. The summed E-state index contributed by atoms with van der Waals surface area (Å²) in [6, 6.07) is 4.89. The molecule has 0 aliphatic rings. The van der Waals surface area contributed by atoms with Crippen LogP contribution >= 0.6 is 0 Å². The van der Waals surface area contributed by atoms with Gasteiger partial charge in [0.1, 0.15) is 0 Å². The molecule has 0 bridgehead atoms. The van der Waals surface area contributed by atoms with Crippen LogP contribution in [0.2, 0.25) is 0 Å². The summed E-state index contributed by atoms with van der Waals surface area (Å²) in [6.07, 6.45) is -4.39. The Labute approximate surface area is 111 Å². The van der Waals surface area contributed by atoms with Crippen molar-refractivity contribution < 1.29 is 18.0 Å². The van der Waals surface area contributed by atoms with Crippen LogP contribution in [0, 0.1) is 0 Å². The van der Waals surface area contributed by atoms with E-state index in [2.05, 4.69) is 5.32 Å². The Morgan fingerprint density at radius 1 is 1.26 bits per heavy atom. The number of likely N-dealkylation sites (N-methyl/N-ethyl adjacent to an activating group) is 1. The summed E-state index contributed by atoms with van der Waals surface area (Å²) < 4.78 is 37.7. The number of hydrogen-bond acceptors (Lipinski definition) is 2. The Hall–Kier alpha value is -1.36. The smallest absolute Gasteiger partial charge is 0.306 e. The van der Waals surface area contributed by atoms with Crippen LogP contribution < -0.4 is 5.32 Å². The Kier molecular flexibility index (Phi) is 4.74. The molecule has 0 atom stereocenters. The number of hydrogen-bond donors (Lipinski definition) is 1. The van der Waals surface area contributed by atoms with Crippen molar-refractivity contribution in [3.05, 3.63) is 35.4 Å². The maximum atomic E-state index is 12.6. The van der Waals surface area contributed by atoms with E-state index in [1.165, 1.54) is 12.1 Å². The van der Waals surface area contributed by atoms with Crippen molar-refractivity contribution in [2.45, 2.75) is 38.9 Å². The van der Waals surface area contributed by atoms with Crippen molar-refractivity contribution in [3.8, 4) is 0 Å². The van der Waals surface area contributed by atoms with Gasteiger partial charge in [0.05, 0.1) is 11.1 Å². The van der Waals surface area contributed by atoms with Crippen molar-refractivity contribution in [2.75, 3.05) is 6.54 Å². The number of Topliss-reactive ketones (excluding diaryl/α,β-unsaturated/α-hetero) is 1. The molecule has 0 saturated carbocycles. The molecule has 0 amide bonds. The zero-order valence-corrected chi connectivity index (χ0v) is 11.3. The standard InChI is InChI=1S/C14H18F3NO/c1-4-18-13(2,3)12(19)9-10-6-5-7-11(8-10)14(15,16)17/h5-8,18H,4,9H2,1-3H3. The first-order valence-electron chi connectivity index (χ1n) is 6.11. The number of carbonyl (C=O) groups excluding carboxylic acids is 1. The van der Waals surface area contributed by atoms with Gasteiger partial charge >= 0.3 is 6.18 Å². The minimum absolute atomic E-state index is 0.0100. The highest BCUT2D eigenvalue weighted by Crippen LogP contribution is 2.29. The van der Waals surface area contributed by atoms with Crippen LogP contribution in [0.15, 0.2) is 24.3 Å². The molecular formula is C14H18F3NO. The molecule has 0 radical (unpaired) electrons. The number of ketones is 1. The second-order valence-corrected chi connectivity index (χ2v) is 4.95. The minimum Gasteiger partial charge on any atom is -0.306 e. The van der Waals surface area contributed by atoms with Gasteiger partial charge in [0.15, 0.2) is 5.78 Å². The summed E-state index contributed by atoms with van der Waals surface area (Å²) in [5.41, 5.74) is -1.08. The molecule has 0 aromatic heterocycles. The zero-order chi connectivity index (χ0) is 14.7. The van der Waals surface area contributed by atoms with Gasteiger partial charge in [-0.3, -0.25) is 4.79 Å². The van der Waals surface area contributed by atoms with E-state index < -0.39 is 17.3 Å².